The monoisotopic (exact) mass is 171 g/mol. The highest BCUT2D eigenvalue weighted by molar-refractivity contribution is 5.86. The van der Waals surface area contributed by atoms with E-state index in [1.807, 2.05) is 13.8 Å². The van der Waals surface area contributed by atoms with Crippen LogP contribution in [0.5, 0.6) is 0 Å². The highest BCUT2D eigenvalue weighted by Gasteiger charge is 2.35. The highest BCUT2D eigenvalue weighted by Crippen LogP contribution is 2.25. The second-order valence-electron chi connectivity index (χ2n) is 3.55. The summed E-state index contributed by atoms with van der Waals surface area (Å²) in [6.45, 7) is 6.56. The first-order valence-electron chi connectivity index (χ1n) is 4.51. The molecule has 1 aliphatic rings. The first kappa shape index (κ1) is 9.68. The van der Waals surface area contributed by atoms with Gasteiger partial charge in [0.05, 0.1) is 0 Å². The largest absolute Gasteiger partial charge is 0.374 e. The van der Waals surface area contributed by atoms with E-state index >= 15 is 0 Å². The van der Waals surface area contributed by atoms with Gasteiger partial charge in [-0.1, -0.05) is 6.92 Å². The fraction of sp³-hybridized carbons (Fsp3) is 0.889. The third kappa shape index (κ3) is 2.05. The normalized spacial score (nSPS) is 29.2. The zero-order valence-electron chi connectivity index (χ0n) is 7.85. The van der Waals surface area contributed by atoms with Crippen LogP contribution in [0.2, 0.25) is 0 Å². The Labute approximate surface area is 73.5 Å². The summed E-state index contributed by atoms with van der Waals surface area (Å²) < 4.78 is 5.10. The minimum absolute atomic E-state index is 0.171. The number of carbonyl (C=O) groups excluding carboxylic acids is 1. The third-order valence-corrected chi connectivity index (χ3v) is 2.48. The Bertz CT molecular complexity index is 162. The maximum atomic E-state index is 11.6. The van der Waals surface area contributed by atoms with Crippen molar-refractivity contribution in [3.05, 3.63) is 0 Å². The van der Waals surface area contributed by atoms with Crippen LogP contribution in [0.15, 0.2) is 0 Å². The van der Waals surface area contributed by atoms with Crippen molar-refractivity contribution < 1.29 is 9.53 Å². The topological polar surface area (TPSA) is 38.3 Å². The Morgan fingerprint density at radius 2 is 2.42 bits per heavy atom. The second-order valence-corrected chi connectivity index (χ2v) is 3.55. The van der Waals surface area contributed by atoms with E-state index in [1.54, 1.807) is 0 Å². The van der Waals surface area contributed by atoms with Crippen LogP contribution in [0.25, 0.3) is 0 Å². The molecule has 70 valence electrons. The first-order valence-corrected chi connectivity index (χ1v) is 4.51. The fourth-order valence-corrected chi connectivity index (χ4v) is 1.42. The number of ketones is 1. The Morgan fingerprint density at radius 3 is 2.92 bits per heavy atom. The van der Waals surface area contributed by atoms with Crippen LogP contribution in [0.1, 0.15) is 20.3 Å². The smallest absolute Gasteiger partial charge is 0.165 e. The van der Waals surface area contributed by atoms with Crippen molar-refractivity contribution in [3.8, 4) is 0 Å². The summed E-state index contributed by atoms with van der Waals surface area (Å²) in [5.74, 6) is 0.231. The number of rotatable bonds is 4. The van der Waals surface area contributed by atoms with E-state index in [4.69, 9.17) is 4.74 Å². The van der Waals surface area contributed by atoms with Crippen LogP contribution in [-0.4, -0.2) is 32.1 Å². The molecule has 0 aromatic carbocycles. The summed E-state index contributed by atoms with van der Waals surface area (Å²) in [7, 11) is 0. The molecule has 1 unspecified atom stereocenters. The Morgan fingerprint density at radius 1 is 1.67 bits per heavy atom. The van der Waals surface area contributed by atoms with E-state index in [0.717, 1.165) is 19.5 Å². The van der Waals surface area contributed by atoms with Gasteiger partial charge in [-0.25, -0.2) is 0 Å². The van der Waals surface area contributed by atoms with Gasteiger partial charge < -0.3 is 10.1 Å². The summed E-state index contributed by atoms with van der Waals surface area (Å²) in [4.78, 5) is 11.6. The van der Waals surface area contributed by atoms with Gasteiger partial charge in [0.2, 0.25) is 0 Å². The molecule has 0 aliphatic carbocycles. The van der Waals surface area contributed by atoms with Crippen molar-refractivity contribution in [2.45, 2.75) is 20.3 Å². The number of nitrogens with one attached hydrogen (secondary N) is 1. The van der Waals surface area contributed by atoms with Crippen molar-refractivity contribution >= 4 is 5.78 Å². The molecule has 0 amide bonds. The molecule has 0 aromatic rings. The molecule has 3 nitrogen and oxygen atoms in total. The summed E-state index contributed by atoms with van der Waals surface area (Å²) in [5, 5.41) is 3.19. The van der Waals surface area contributed by atoms with Gasteiger partial charge in [0.15, 0.2) is 5.78 Å². The molecule has 1 aliphatic heterocycles. The van der Waals surface area contributed by atoms with Crippen LogP contribution < -0.4 is 5.32 Å². The number of hydrogen-bond acceptors (Lipinski definition) is 3. The van der Waals surface area contributed by atoms with Gasteiger partial charge in [-0.2, -0.15) is 0 Å². The summed E-state index contributed by atoms with van der Waals surface area (Å²) >= 11 is 0. The fourth-order valence-electron chi connectivity index (χ4n) is 1.42. The number of hydrogen-bond donors (Lipinski definition) is 1. The molecule has 0 saturated carbocycles. The summed E-state index contributed by atoms with van der Waals surface area (Å²) in [5.41, 5.74) is -0.171. The van der Waals surface area contributed by atoms with Gasteiger partial charge in [0.25, 0.3) is 0 Å². The van der Waals surface area contributed by atoms with Gasteiger partial charge in [0, 0.05) is 18.6 Å². The van der Waals surface area contributed by atoms with Gasteiger partial charge >= 0.3 is 0 Å². The van der Waals surface area contributed by atoms with Crippen LogP contribution in [0.3, 0.4) is 0 Å². The molecule has 0 bridgehead atoms. The van der Waals surface area contributed by atoms with Crippen LogP contribution >= 0.6 is 0 Å². The predicted molar refractivity (Wildman–Crippen MR) is 47.1 cm³/mol. The second kappa shape index (κ2) is 4.01. The Balaban J connectivity index is 2.39. The molecule has 1 heterocycles. The lowest BCUT2D eigenvalue weighted by atomic mass is 9.85. The van der Waals surface area contributed by atoms with Crippen molar-refractivity contribution in [1.82, 2.24) is 5.32 Å². The molecule has 0 aromatic heterocycles. The molecular weight excluding hydrogens is 154 g/mol. The molecule has 0 radical (unpaired) electrons. The average molecular weight is 171 g/mol. The van der Waals surface area contributed by atoms with Gasteiger partial charge in [-0.05, 0) is 19.9 Å². The molecule has 1 rings (SSSR count). The number of ether oxygens (including phenoxy) is 1. The maximum absolute atomic E-state index is 11.6. The first-order chi connectivity index (χ1) is 5.69. The SMILES string of the molecule is CCOCC(=O)C1(C)CCNC1. The van der Waals surface area contributed by atoms with Crippen molar-refractivity contribution in [2.24, 2.45) is 5.41 Å². The number of Topliss-reactive ketones (excluding diaryl/α,β-unsaturated/α-hetero) is 1. The van der Waals surface area contributed by atoms with E-state index in [2.05, 4.69) is 5.32 Å². The predicted octanol–water partition coefficient (Wildman–Crippen LogP) is 0.592. The van der Waals surface area contributed by atoms with Crippen LogP contribution in [0.4, 0.5) is 0 Å². The number of carbonyl (C=O) groups is 1. The average Bonchev–Trinajstić information content (AvgIpc) is 2.49. The third-order valence-electron chi connectivity index (χ3n) is 2.48. The Hall–Kier alpha value is -0.410. The van der Waals surface area contributed by atoms with E-state index in [-0.39, 0.29) is 17.8 Å². The van der Waals surface area contributed by atoms with Crippen LogP contribution in [-0.2, 0) is 9.53 Å². The molecule has 1 N–H and O–H groups in total. The van der Waals surface area contributed by atoms with Gasteiger partial charge in [-0.3, -0.25) is 4.79 Å². The Kier molecular flexibility index (Phi) is 3.23. The summed E-state index contributed by atoms with van der Waals surface area (Å²) in [6, 6.07) is 0. The van der Waals surface area contributed by atoms with Gasteiger partial charge in [-0.15, -0.1) is 0 Å². The molecule has 0 spiro atoms. The van der Waals surface area contributed by atoms with E-state index in [0.29, 0.717) is 6.61 Å². The molecule has 1 saturated heterocycles. The van der Waals surface area contributed by atoms with Crippen molar-refractivity contribution in [3.63, 3.8) is 0 Å². The zero-order chi connectivity index (χ0) is 9.03. The maximum Gasteiger partial charge on any atom is 0.165 e. The van der Waals surface area contributed by atoms with E-state index in [9.17, 15) is 4.79 Å². The summed E-state index contributed by atoms with van der Waals surface area (Å²) in [6.07, 6.45) is 0.943. The van der Waals surface area contributed by atoms with Crippen molar-refractivity contribution in [1.29, 1.82) is 0 Å². The standard InChI is InChI=1S/C9H17NO2/c1-3-12-6-8(11)9(2)4-5-10-7-9/h10H,3-7H2,1-2H3. The van der Waals surface area contributed by atoms with E-state index in [1.165, 1.54) is 0 Å². The van der Waals surface area contributed by atoms with Crippen LogP contribution in [0, 0.1) is 5.41 Å². The minimum atomic E-state index is -0.171. The van der Waals surface area contributed by atoms with Crippen molar-refractivity contribution in [2.75, 3.05) is 26.3 Å². The lowest BCUT2D eigenvalue weighted by molar-refractivity contribution is -0.131. The quantitative estimate of drug-likeness (QED) is 0.673. The highest BCUT2D eigenvalue weighted by atomic mass is 16.5. The lowest BCUT2D eigenvalue weighted by Gasteiger charge is -2.20. The zero-order valence-corrected chi connectivity index (χ0v) is 7.85. The lowest BCUT2D eigenvalue weighted by Crippen LogP contribution is -2.33. The minimum Gasteiger partial charge on any atom is -0.374 e. The van der Waals surface area contributed by atoms with Gasteiger partial charge in [0.1, 0.15) is 6.61 Å². The molecule has 1 fully saturated rings. The molecule has 12 heavy (non-hydrogen) atoms. The molecule has 1 atom stereocenters. The van der Waals surface area contributed by atoms with E-state index < -0.39 is 0 Å². The molecule has 3 heteroatoms. The molecular formula is C9H17NO2.